The predicted octanol–water partition coefficient (Wildman–Crippen LogP) is 4.24. The van der Waals surface area contributed by atoms with Crippen molar-refractivity contribution in [3.05, 3.63) is 53.7 Å². The number of aliphatic carboxylic acids is 1. The van der Waals surface area contributed by atoms with Gasteiger partial charge in [0.25, 0.3) is 0 Å². The van der Waals surface area contributed by atoms with Gasteiger partial charge in [0.2, 0.25) is 0 Å². The predicted molar refractivity (Wildman–Crippen MR) is 111 cm³/mol. The van der Waals surface area contributed by atoms with Crippen LogP contribution in [0.2, 0.25) is 5.15 Å². The zero-order valence-corrected chi connectivity index (χ0v) is 16.6. The quantitative estimate of drug-likeness (QED) is 0.514. The Hall–Kier alpha value is -2.57. The number of hydrogen-bond acceptors (Lipinski definition) is 4. The molecule has 0 aliphatic rings. The third-order valence-corrected chi connectivity index (χ3v) is 4.85. The molecule has 7 heteroatoms. The first-order chi connectivity index (χ1) is 13.5. The molecule has 0 spiro atoms. The van der Waals surface area contributed by atoms with Crippen LogP contribution in [-0.4, -0.2) is 52.5 Å². The summed E-state index contributed by atoms with van der Waals surface area (Å²) in [5, 5.41) is 14.7. The number of hydrogen-bond donors (Lipinski definition) is 1. The van der Waals surface area contributed by atoms with Gasteiger partial charge in [-0.15, -0.1) is 0 Å². The molecule has 6 nitrogen and oxygen atoms in total. The van der Waals surface area contributed by atoms with Gasteiger partial charge in [0.15, 0.2) is 0 Å². The maximum Gasteiger partial charge on any atom is 0.303 e. The highest BCUT2D eigenvalue weighted by Gasteiger charge is 2.10. The van der Waals surface area contributed by atoms with Gasteiger partial charge in [-0.3, -0.25) is 4.79 Å². The maximum absolute atomic E-state index is 10.5. The molecule has 0 bridgehead atoms. The lowest BCUT2D eigenvalue weighted by Crippen LogP contribution is -2.23. The van der Waals surface area contributed by atoms with Crippen LogP contribution in [0, 0.1) is 0 Å². The normalized spacial score (nSPS) is 11.2. The van der Waals surface area contributed by atoms with E-state index in [1.54, 1.807) is 4.68 Å². The molecule has 2 aromatic carbocycles. The van der Waals surface area contributed by atoms with E-state index in [0.29, 0.717) is 18.2 Å². The third-order valence-electron chi connectivity index (χ3n) is 4.48. The lowest BCUT2D eigenvalue weighted by atomic mass is 10.2. The Morgan fingerprint density at radius 3 is 2.57 bits per heavy atom. The van der Waals surface area contributed by atoms with Crippen molar-refractivity contribution >= 4 is 28.5 Å². The number of aromatic nitrogens is 2. The molecule has 0 fully saturated rings. The number of nitrogens with zero attached hydrogens (tertiary/aromatic N) is 3. The summed E-state index contributed by atoms with van der Waals surface area (Å²) in [4.78, 5) is 12.7. The number of benzene rings is 2. The molecule has 0 atom stereocenters. The molecule has 0 unspecified atom stereocenters. The van der Waals surface area contributed by atoms with Crippen LogP contribution < -0.4 is 4.74 Å². The zero-order valence-electron chi connectivity index (χ0n) is 15.8. The van der Waals surface area contributed by atoms with Crippen LogP contribution in [-0.2, 0) is 4.79 Å². The Kier molecular flexibility index (Phi) is 6.90. The van der Waals surface area contributed by atoms with Crippen LogP contribution in [0.15, 0.2) is 48.5 Å². The molecule has 1 N–H and O–H groups in total. The number of carboxylic acids is 1. The summed E-state index contributed by atoms with van der Waals surface area (Å²) in [6.45, 7) is 2.25. The first-order valence-electron chi connectivity index (χ1n) is 9.31. The van der Waals surface area contributed by atoms with Gasteiger partial charge < -0.3 is 14.7 Å². The molecular weight excluding hydrogens is 378 g/mol. The number of rotatable bonds is 10. The number of ether oxygens (including phenoxy) is 1. The van der Waals surface area contributed by atoms with Crippen molar-refractivity contribution in [3.8, 4) is 11.4 Å². The molecule has 0 saturated carbocycles. The van der Waals surface area contributed by atoms with Gasteiger partial charge in [-0.05, 0) is 62.8 Å². The van der Waals surface area contributed by atoms with E-state index in [1.165, 1.54) is 0 Å². The van der Waals surface area contributed by atoms with Crippen molar-refractivity contribution in [1.29, 1.82) is 0 Å². The highest BCUT2D eigenvalue weighted by atomic mass is 35.5. The van der Waals surface area contributed by atoms with Gasteiger partial charge in [-0.1, -0.05) is 23.7 Å². The zero-order chi connectivity index (χ0) is 19.9. The van der Waals surface area contributed by atoms with Gasteiger partial charge in [-0.25, -0.2) is 4.68 Å². The van der Waals surface area contributed by atoms with E-state index in [4.69, 9.17) is 21.4 Å². The van der Waals surface area contributed by atoms with Gasteiger partial charge in [0, 0.05) is 18.4 Å². The number of carboxylic acid groups (broad SMARTS) is 1. The second-order valence-corrected chi connectivity index (χ2v) is 7.07. The molecule has 148 valence electrons. The van der Waals surface area contributed by atoms with Crippen molar-refractivity contribution in [2.45, 2.75) is 19.3 Å². The average molecular weight is 402 g/mol. The Balaban J connectivity index is 1.48. The SMILES string of the molecule is CN(CCCOc1ccc(-n2nc3ccccc3c2Cl)cc1)CCCC(=O)O. The average Bonchev–Trinajstić information content (AvgIpc) is 3.02. The van der Waals surface area contributed by atoms with Crippen LogP contribution >= 0.6 is 11.6 Å². The lowest BCUT2D eigenvalue weighted by molar-refractivity contribution is -0.137. The summed E-state index contributed by atoms with van der Waals surface area (Å²) in [6, 6.07) is 15.5. The molecule has 1 heterocycles. The van der Waals surface area contributed by atoms with E-state index in [-0.39, 0.29) is 6.42 Å². The molecule has 1 aromatic heterocycles. The van der Waals surface area contributed by atoms with E-state index in [2.05, 4.69) is 10.00 Å². The van der Waals surface area contributed by atoms with Gasteiger partial charge >= 0.3 is 5.97 Å². The van der Waals surface area contributed by atoms with Crippen molar-refractivity contribution in [2.75, 3.05) is 26.7 Å². The van der Waals surface area contributed by atoms with Gasteiger partial charge in [-0.2, -0.15) is 5.10 Å². The van der Waals surface area contributed by atoms with Crippen LogP contribution in [0.3, 0.4) is 0 Å². The van der Waals surface area contributed by atoms with Crippen LogP contribution in [0.25, 0.3) is 16.6 Å². The van der Waals surface area contributed by atoms with Gasteiger partial charge in [0.05, 0.1) is 17.8 Å². The minimum Gasteiger partial charge on any atom is -0.494 e. The minimum absolute atomic E-state index is 0.211. The van der Waals surface area contributed by atoms with E-state index >= 15 is 0 Å². The molecule has 0 aliphatic carbocycles. The second kappa shape index (κ2) is 9.57. The number of carbonyl (C=O) groups is 1. The van der Waals surface area contributed by atoms with Crippen molar-refractivity contribution in [3.63, 3.8) is 0 Å². The smallest absolute Gasteiger partial charge is 0.303 e. The molecular formula is C21H24ClN3O3. The standard InChI is InChI=1S/C21H24ClN3O3/c1-24(13-4-8-20(26)27)14-5-15-28-17-11-9-16(10-12-17)25-21(22)18-6-2-3-7-19(18)23-25/h2-3,6-7,9-12H,4-5,8,13-15H2,1H3,(H,26,27). The largest absolute Gasteiger partial charge is 0.494 e. The summed E-state index contributed by atoms with van der Waals surface area (Å²) in [7, 11) is 1.99. The Morgan fingerprint density at radius 2 is 1.86 bits per heavy atom. The summed E-state index contributed by atoms with van der Waals surface area (Å²) in [5.41, 5.74) is 1.74. The highest BCUT2D eigenvalue weighted by Crippen LogP contribution is 2.26. The highest BCUT2D eigenvalue weighted by molar-refractivity contribution is 6.34. The lowest BCUT2D eigenvalue weighted by Gasteiger charge is -2.16. The summed E-state index contributed by atoms with van der Waals surface area (Å²) in [6.07, 6.45) is 1.75. The van der Waals surface area contributed by atoms with Crippen LogP contribution in [0.1, 0.15) is 19.3 Å². The van der Waals surface area contributed by atoms with Crippen LogP contribution in [0.4, 0.5) is 0 Å². The first-order valence-corrected chi connectivity index (χ1v) is 9.69. The second-order valence-electron chi connectivity index (χ2n) is 6.72. The maximum atomic E-state index is 10.5. The molecule has 0 radical (unpaired) electrons. The molecule has 0 saturated heterocycles. The molecule has 3 rings (SSSR count). The van der Waals surface area contributed by atoms with Crippen molar-refractivity contribution in [1.82, 2.24) is 14.7 Å². The topological polar surface area (TPSA) is 67.6 Å². The van der Waals surface area contributed by atoms with E-state index in [0.717, 1.165) is 41.9 Å². The Morgan fingerprint density at radius 1 is 1.14 bits per heavy atom. The van der Waals surface area contributed by atoms with E-state index in [9.17, 15) is 4.79 Å². The molecule has 0 amide bonds. The van der Waals surface area contributed by atoms with E-state index in [1.807, 2.05) is 55.6 Å². The summed E-state index contributed by atoms with van der Waals surface area (Å²) < 4.78 is 7.52. The Labute approximate surface area is 169 Å². The van der Waals surface area contributed by atoms with Crippen molar-refractivity contribution in [2.24, 2.45) is 0 Å². The van der Waals surface area contributed by atoms with Crippen molar-refractivity contribution < 1.29 is 14.6 Å². The first kappa shape index (κ1) is 20.2. The molecule has 0 aliphatic heterocycles. The van der Waals surface area contributed by atoms with Crippen LogP contribution in [0.5, 0.6) is 5.75 Å². The van der Waals surface area contributed by atoms with Gasteiger partial charge in [0.1, 0.15) is 10.9 Å². The summed E-state index contributed by atoms with van der Waals surface area (Å²) >= 11 is 6.45. The third kappa shape index (κ3) is 5.24. The Bertz CT molecular complexity index is 924. The fourth-order valence-corrected chi connectivity index (χ4v) is 3.29. The van der Waals surface area contributed by atoms with E-state index < -0.39 is 5.97 Å². The number of halogens is 1. The summed E-state index contributed by atoms with van der Waals surface area (Å²) in [5.74, 6) is 0.0507. The minimum atomic E-state index is -0.746. The fraction of sp³-hybridized carbons (Fsp3) is 0.333. The monoisotopic (exact) mass is 401 g/mol. The fourth-order valence-electron chi connectivity index (χ4n) is 2.99. The molecule has 28 heavy (non-hydrogen) atoms. The molecule has 3 aromatic rings. The number of fused-ring (bicyclic) bond motifs is 1.